The highest BCUT2D eigenvalue weighted by atomic mass is 16.5. The number of ether oxygens (including phenoxy) is 1. The third kappa shape index (κ3) is 3.46. The summed E-state index contributed by atoms with van der Waals surface area (Å²) < 4.78 is 4.53. The molecule has 0 aliphatic rings. The van der Waals surface area contributed by atoms with Gasteiger partial charge < -0.3 is 10.5 Å². The number of anilines is 1. The molecule has 0 bridgehead atoms. The molecule has 0 saturated heterocycles. The van der Waals surface area contributed by atoms with E-state index in [0.717, 1.165) is 16.8 Å². The van der Waals surface area contributed by atoms with Crippen LogP contribution in [0.15, 0.2) is 24.3 Å². The molecule has 1 rings (SSSR count). The monoisotopic (exact) mass is 205 g/mol. The summed E-state index contributed by atoms with van der Waals surface area (Å²) >= 11 is 0. The van der Waals surface area contributed by atoms with Crippen molar-refractivity contribution in [3.05, 3.63) is 35.4 Å². The molecule has 0 fully saturated rings. The lowest BCUT2D eigenvalue weighted by Gasteiger charge is -2.01. The highest BCUT2D eigenvalue weighted by Crippen LogP contribution is 2.14. The molecule has 0 atom stereocenters. The molecule has 15 heavy (non-hydrogen) atoms. The molecule has 0 amide bonds. The van der Waals surface area contributed by atoms with Crippen molar-refractivity contribution < 1.29 is 9.53 Å². The fraction of sp³-hybridized carbons (Fsp3) is 0.250. The summed E-state index contributed by atoms with van der Waals surface area (Å²) in [6.45, 7) is 2.00. The van der Waals surface area contributed by atoms with Gasteiger partial charge in [-0.15, -0.1) is 0 Å². The Morgan fingerprint density at radius 3 is 2.93 bits per heavy atom. The van der Waals surface area contributed by atoms with Crippen LogP contribution in [-0.2, 0) is 9.53 Å². The zero-order valence-corrected chi connectivity index (χ0v) is 8.99. The zero-order chi connectivity index (χ0) is 11.3. The van der Waals surface area contributed by atoms with Crippen LogP contribution in [0.2, 0.25) is 0 Å². The van der Waals surface area contributed by atoms with Crippen molar-refractivity contribution in [2.24, 2.45) is 0 Å². The van der Waals surface area contributed by atoms with Crippen LogP contribution in [0.25, 0.3) is 6.08 Å². The number of methoxy groups -OCH3 is 1. The van der Waals surface area contributed by atoms with E-state index < -0.39 is 0 Å². The molecule has 0 heterocycles. The van der Waals surface area contributed by atoms with Gasteiger partial charge in [-0.25, -0.2) is 0 Å². The van der Waals surface area contributed by atoms with Crippen LogP contribution in [0.3, 0.4) is 0 Å². The summed E-state index contributed by atoms with van der Waals surface area (Å²) in [6.07, 6.45) is 3.93. The Kier molecular flexibility index (Phi) is 3.92. The van der Waals surface area contributed by atoms with Crippen LogP contribution < -0.4 is 5.73 Å². The van der Waals surface area contributed by atoms with Crippen molar-refractivity contribution in [3.8, 4) is 0 Å². The number of aryl methyl sites for hydroxylation is 1. The Morgan fingerprint density at radius 1 is 1.53 bits per heavy atom. The van der Waals surface area contributed by atoms with Crippen LogP contribution in [0, 0.1) is 6.92 Å². The van der Waals surface area contributed by atoms with Gasteiger partial charge in [0.05, 0.1) is 13.5 Å². The summed E-state index contributed by atoms with van der Waals surface area (Å²) in [5.74, 6) is -0.243. The predicted molar refractivity (Wildman–Crippen MR) is 61.3 cm³/mol. The van der Waals surface area contributed by atoms with Gasteiger partial charge >= 0.3 is 5.97 Å². The zero-order valence-electron chi connectivity index (χ0n) is 8.99. The van der Waals surface area contributed by atoms with Crippen molar-refractivity contribution in [1.29, 1.82) is 0 Å². The summed E-state index contributed by atoms with van der Waals surface area (Å²) in [7, 11) is 1.38. The lowest BCUT2D eigenvalue weighted by atomic mass is 10.1. The van der Waals surface area contributed by atoms with Crippen molar-refractivity contribution in [3.63, 3.8) is 0 Å². The van der Waals surface area contributed by atoms with Crippen molar-refractivity contribution in [2.45, 2.75) is 13.3 Å². The topological polar surface area (TPSA) is 52.3 Å². The molecular weight excluding hydrogens is 190 g/mol. The first-order chi connectivity index (χ1) is 7.13. The molecule has 0 spiro atoms. The lowest BCUT2D eigenvalue weighted by molar-refractivity contribution is -0.139. The first kappa shape index (κ1) is 11.3. The van der Waals surface area contributed by atoms with Crippen LogP contribution in [-0.4, -0.2) is 13.1 Å². The average Bonchev–Trinajstić information content (AvgIpc) is 2.23. The van der Waals surface area contributed by atoms with Crippen LogP contribution in [0.4, 0.5) is 5.69 Å². The minimum Gasteiger partial charge on any atom is -0.469 e. The van der Waals surface area contributed by atoms with Gasteiger partial charge in [-0.1, -0.05) is 18.2 Å². The summed E-state index contributed by atoms with van der Waals surface area (Å²) in [5.41, 5.74) is 8.54. The number of carbonyl (C=O) groups is 1. The fourth-order valence-electron chi connectivity index (χ4n) is 1.20. The van der Waals surface area contributed by atoms with Gasteiger partial charge in [0.2, 0.25) is 0 Å². The summed E-state index contributed by atoms with van der Waals surface area (Å²) in [5, 5.41) is 0. The quantitative estimate of drug-likeness (QED) is 0.607. The molecule has 0 radical (unpaired) electrons. The van der Waals surface area contributed by atoms with Gasteiger partial charge in [0.1, 0.15) is 0 Å². The average molecular weight is 205 g/mol. The second kappa shape index (κ2) is 5.20. The number of benzene rings is 1. The van der Waals surface area contributed by atoms with E-state index >= 15 is 0 Å². The van der Waals surface area contributed by atoms with Crippen LogP contribution >= 0.6 is 0 Å². The third-order valence-electron chi connectivity index (χ3n) is 2.11. The van der Waals surface area contributed by atoms with E-state index in [1.807, 2.05) is 31.2 Å². The van der Waals surface area contributed by atoms with Gasteiger partial charge in [0.25, 0.3) is 0 Å². The highest BCUT2D eigenvalue weighted by molar-refractivity contribution is 5.73. The van der Waals surface area contributed by atoms with Gasteiger partial charge in [-0.3, -0.25) is 4.79 Å². The third-order valence-corrected chi connectivity index (χ3v) is 2.11. The van der Waals surface area contributed by atoms with Gasteiger partial charge in [0, 0.05) is 5.69 Å². The number of nitrogen functional groups attached to an aromatic ring is 1. The minimum atomic E-state index is -0.243. The maximum absolute atomic E-state index is 10.9. The Hall–Kier alpha value is -1.77. The van der Waals surface area contributed by atoms with Crippen LogP contribution in [0.1, 0.15) is 17.5 Å². The number of rotatable bonds is 3. The molecule has 0 aliphatic heterocycles. The van der Waals surface area contributed by atoms with E-state index in [1.54, 1.807) is 6.08 Å². The summed E-state index contributed by atoms with van der Waals surface area (Å²) in [6, 6.07) is 5.68. The second-order valence-corrected chi connectivity index (χ2v) is 3.30. The standard InChI is InChI=1S/C12H15NO2/c1-9-6-7-11(13)8-10(9)4-3-5-12(14)15-2/h3-4,6-8H,5,13H2,1-2H3. The number of carbonyl (C=O) groups excluding carboxylic acids is 1. The van der Waals surface area contributed by atoms with E-state index in [0.29, 0.717) is 0 Å². The minimum absolute atomic E-state index is 0.243. The Labute approximate surface area is 89.5 Å². The maximum Gasteiger partial charge on any atom is 0.309 e. The molecule has 0 unspecified atom stereocenters. The van der Waals surface area contributed by atoms with Gasteiger partial charge in [-0.05, 0) is 30.2 Å². The van der Waals surface area contributed by atoms with Gasteiger partial charge in [-0.2, -0.15) is 0 Å². The first-order valence-corrected chi connectivity index (χ1v) is 4.73. The predicted octanol–water partition coefficient (Wildman–Crippen LogP) is 2.15. The van der Waals surface area contributed by atoms with E-state index in [1.165, 1.54) is 7.11 Å². The van der Waals surface area contributed by atoms with Crippen molar-refractivity contribution in [2.75, 3.05) is 12.8 Å². The van der Waals surface area contributed by atoms with Gasteiger partial charge in [0.15, 0.2) is 0 Å². The maximum atomic E-state index is 10.9. The fourth-order valence-corrected chi connectivity index (χ4v) is 1.20. The first-order valence-electron chi connectivity index (χ1n) is 4.73. The molecule has 3 heteroatoms. The van der Waals surface area contributed by atoms with E-state index in [9.17, 15) is 4.79 Å². The van der Waals surface area contributed by atoms with E-state index in [-0.39, 0.29) is 12.4 Å². The molecule has 0 aromatic heterocycles. The molecular formula is C12H15NO2. The molecule has 3 nitrogen and oxygen atoms in total. The van der Waals surface area contributed by atoms with Crippen molar-refractivity contribution in [1.82, 2.24) is 0 Å². The highest BCUT2D eigenvalue weighted by Gasteiger charge is 1.97. The SMILES string of the molecule is COC(=O)CC=Cc1cc(N)ccc1C. The number of esters is 1. The molecule has 2 N–H and O–H groups in total. The molecule has 1 aromatic rings. The Bertz CT molecular complexity index is 383. The molecule has 1 aromatic carbocycles. The van der Waals surface area contributed by atoms with Crippen LogP contribution in [0.5, 0.6) is 0 Å². The smallest absolute Gasteiger partial charge is 0.309 e. The largest absolute Gasteiger partial charge is 0.469 e. The van der Waals surface area contributed by atoms with Crippen molar-refractivity contribution >= 4 is 17.7 Å². The normalized spacial score (nSPS) is 10.5. The second-order valence-electron chi connectivity index (χ2n) is 3.30. The molecule has 80 valence electrons. The number of nitrogens with two attached hydrogens (primary N) is 1. The summed E-state index contributed by atoms with van der Waals surface area (Å²) in [4.78, 5) is 10.9. The number of hydrogen-bond acceptors (Lipinski definition) is 3. The Morgan fingerprint density at radius 2 is 2.27 bits per heavy atom. The lowest BCUT2D eigenvalue weighted by Crippen LogP contribution is -1.96. The Balaban J connectivity index is 2.71. The van der Waals surface area contributed by atoms with E-state index in [2.05, 4.69) is 4.74 Å². The van der Waals surface area contributed by atoms with E-state index in [4.69, 9.17) is 5.73 Å². The molecule has 0 aliphatic carbocycles. The molecule has 0 saturated carbocycles. The number of hydrogen-bond donors (Lipinski definition) is 1.